The van der Waals surface area contributed by atoms with Crippen LogP contribution in [0.1, 0.15) is 60.1 Å². The molecule has 54 heavy (non-hydrogen) atoms. The minimum Gasteiger partial charge on any atom is -0.507 e. The Kier molecular flexibility index (Phi) is 12.1. The van der Waals surface area contributed by atoms with Gasteiger partial charge in [0.2, 0.25) is 0 Å². The van der Waals surface area contributed by atoms with Crippen molar-refractivity contribution in [3.8, 4) is 50.5 Å². The molecule has 0 aliphatic carbocycles. The summed E-state index contributed by atoms with van der Waals surface area (Å²) in [6.07, 6.45) is 1.82. The monoisotopic (exact) mass is 889 g/mol. The van der Waals surface area contributed by atoms with Crippen molar-refractivity contribution < 1.29 is 26.2 Å². The van der Waals surface area contributed by atoms with Gasteiger partial charge in [0.15, 0.2) is 0 Å². The van der Waals surface area contributed by atoms with E-state index in [1.807, 2.05) is 54.7 Å². The fraction of sp³-hybridized carbons (Fsp3) is 0.184. The van der Waals surface area contributed by atoms with E-state index in [2.05, 4.69) is 144 Å². The number of aromatic nitrogens is 2. The van der Waals surface area contributed by atoms with E-state index in [-0.39, 0.29) is 45.1 Å². The predicted molar refractivity (Wildman–Crippen MR) is 223 cm³/mol. The molecule has 0 amide bonds. The molecule has 5 heteroatoms. The number of phenols is 1. The van der Waals surface area contributed by atoms with Crippen LogP contribution in [0.25, 0.3) is 44.8 Å². The Morgan fingerprint density at radius 2 is 1.15 bits per heavy atom. The first-order chi connectivity index (χ1) is 25.0. The molecule has 0 spiro atoms. The van der Waals surface area contributed by atoms with E-state index >= 15 is 0 Å². The van der Waals surface area contributed by atoms with Crippen molar-refractivity contribution >= 4 is 17.2 Å². The average molecular weight is 890 g/mol. The number of aromatic hydroxyl groups is 1. The van der Waals surface area contributed by atoms with Crippen LogP contribution in [0, 0.1) is 6.07 Å². The van der Waals surface area contributed by atoms with Crippen LogP contribution in [-0.4, -0.2) is 15.1 Å². The van der Waals surface area contributed by atoms with Gasteiger partial charge in [-0.1, -0.05) is 140 Å². The van der Waals surface area contributed by atoms with Gasteiger partial charge in [0.1, 0.15) is 11.6 Å². The second-order valence-corrected chi connectivity index (χ2v) is 15.3. The first-order valence-electron chi connectivity index (χ1n) is 17.8. The molecule has 276 valence electrons. The van der Waals surface area contributed by atoms with Gasteiger partial charge in [-0.3, -0.25) is 4.98 Å². The molecule has 0 bridgehead atoms. The maximum Gasteiger partial charge on any atom is 0.136 e. The standard InChI is InChI=1S/C48H44N3O.CH4.Pt/c1-47(2,3)37-27-35(28-38(32-37)48(4,5)6)36-30-42(50-43(31-36)41-22-11-13-24-45(41)52)34-19-16-20-39(29-34)51(46-25-14-15-26-49-46)44-23-12-10-21-40(44)33-17-8-7-9-18-33;;/h7-28,30-32,52H,1-6H3;1H4;/q-1;;. The van der Waals surface area contributed by atoms with Gasteiger partial charge in [-0.05, 0) is 86.4 Å². The summed E-state index contributed by atoms with van der Waals surface area (Å²) in [5.74, 6) is 0.970. The van der Waals surface area contributed by atoms with Gasteiger partial charge in [0, 0.05) is 38.4 Å². The number of para-hydroxylation sites is 2. The minimum absolute atomic E-state index is 0. The summed E-state index contributed by atoms with van der Waals surface area (Å²) in [5, 5.41) is 11.0. The molecule has 0 aliphatic rings. The van der Waals surface area contributed by atoms with Crippen molar-refractivity contribution in [1.82, 2.24) is 9.97 Å². The van der Waals surface area contributed by atoms with E-state index in [4.69, 9.17) is 9.97 Å². The molecular formula is C49H48N3OPt-. The van der Waals surface area contributed by atoms with Crippen LogP contribution in [0.3, 0.4) is 0 Å². The summed E-state index contributed by atoms with van der Waals surface area (Å²) >= 11 is 0. The van der Waals surface area contributed by atoms with Gasteiger partial charge in [-0.2, -0.15) is 0 Å². The van der Waals surface area contributed by atoms with Gasteiger partial charge >= 0.3 is 0 Å². The fourth-order valence-electron chi connectivity index (χ4n) is 6.45. The number of rotatable bonds is 7. The van der Waals surface area contributed by atoms with Crippen molar-refractivity contribution in [3.63, 3.8) is 0 Å². The molecule has 2 aromatic heterocycles. The third-order valence-electron chi connectivity index (χ3n) is 9.41. The second kappa shape index (κ2) is 16.4. The smallest absolute Gasteiger partial charge is 0.136 e. The third kappa shape index (κ3) is 8.56. The van der Waals surface area contributed by atoms with E-state index < -0.39 is 0 Å². The van der Waals surface area contributed by atoms with E-state index in [9.17, 15) is 5.11 Å². The predicted octanol–water partition coefficient (Wildman–Crippen LogP) is 13.3. The van der Waals surface area contributed by atoms with Crippen LogP contribution in [0.2, 0.25) is 0 Å². The van der Waals surface area contributed by atoms with Gasteiger partial charge < -0.3 is 10.0 Å². The zero-order valence-corrected chi connectivity index (χ0v) is 33.3. The summed E-state index contributed by atoms with van der Waals surface area (Å²) in [4.78, 5) is 12.1. The molecule has 0 unspecified atom stereocenters. The SMILES string of the molecule is C.CC(C)(C)c1cc(-c2cc(-c3[c-]c(N(c4ccccn4)c4ccccc4-c4ccccc4)ccc3)nc(-c3ccccc3O)c2)cc(C(C)(C)C)c1.[Pt]. The summed E-state index contributed by atoms with van der Waals surface area (Å²) in [6, 6.07) is 53.3. The Labute approximate surface area is 335 Å². The van der Waals surface area contributed by atoms with Gasteiger partial charge in [0.05, 0.1) is 11.4 Å². The number of hydrogen-bond donors (Lipinski definition) is 1. The molecule has 1 N–H and O–H groups in total. The fourth-order valence-corrected chi connectivity index (χ4v) is 6.45. The quantitative estimate of drug-likeness (QED) is 0.162. The number of pyridine rings is 2. The molecular weight excluding hydrogens is 842 g/mol. The largest absolute Gasteiger partial charge is 0.507 e. The van der Waals surface area contributed by atoms with Crippen LogP contribution in [0.5, 0.6) is 5.75 Å². The maximum atomic E-state index is 11.0. The maximum absolute atomic E-state index is 11.0. The molecule has 7 rings (SSSR count). The second-order valence-electron chi connectivity index (χ2n) is 15.3. The number of hydrogen-bond acceptors (Lipinski definition) is 4. The summed E-state index contributed by atoms with van der Waals surface area (Å²) in [6.45, 7) is 13.5. The van der Waals surface area contributed by atoms with Gasteiger partial charge in [-0.15, -0.1) is 29.8 Å². The topological polar surface area (TPSA) is 49.2 Å². The summed E-state index contributed by atoms with van der Waals surface area (Å²) in [7, 11) is 0. The normalized spacial score (nSPS) is 11.3. The van der Waals surface area contributed by atoms with Crippen molar-refractivity contribution in [2.24, 2.45) is 0 Å². The van der Waals surface area contributed by atoms with Crippen LogP contribution in [0.4, 0.5) is 17.2 Å². The van der Waals surface area contributed by atoms with Crippen LogP contribution in [0.15, 0.2) is 152 Å². The zero-order chi connectivity index (χ0) is 36.5. The Hall–Kier alpha value is -5.31. The zero-order valence-electron chi connectivity index (χ0n) is 31.0. The molecule has 5 aromatic carbocycles. The molecule has 0 radical (unpaired) electrons. The first kappa shape index (κ1) is 39.9. The molecule has 0 saturated carbocycles. The third-order valence-corrected chi connectivity index (χ3v) is 9.41. The summed E-state index contributed by atoms with van der Waals surface area (Å²) in [5.41, 5.74) is 11.6. The Morgan fingerprint density at radius 1 is 0.556 bits per heavy atom. The Morgan fingerprint density at radius 3 is 1.80 bits per heavy atom. The number of benzene rings is 5. The van der Waals surface area contributed by atoms with E-state index in [0.717, 1.165) is 50.7 Å². The Balaban J connectivity index is 0.00000280. The number of anilines is 3. The molecule has 2 heterocycles. The van der Waals surface area contributed by atoms with Crippen molar-refractivity contribution in [1.29, 1.82) is 0 Å². The van der Waals surface area contributed by atoms with Crippen LogP contribution < -0.4 is 4.90 Å². The minimum atomic E-state index is -0.0422. The molecule has 7 aromatic rings. The number of nitrogens with zero attached hydrogens (tertiary/aromatic N) is 3. The molecule has 4 nitrogen and oxygen atoms in total. The van der Waals surface area contributed by atoms with Gasteiger partial charge in [0.25, 0.3) is 0 Å². The van der Waals surface area contributed by atoms with E-state index in [1.54, 1.807) is 6.07 Å². The molecule has 0 atom stereocenters. The van der Waals surface area contributed by atoms with Crippen LogP contribution >= 0.6 is 0 Å². The van der Waals surface area contributed by atoms with Crippen molar-refractivity contribution in [3.05, 3.63) is 169 Å². The van der Waals surface area contributed by atoms with E-state index in [1.165, 1.54) is 11.1 Å². The summed E-state index contributed by atoms with van der Waals surface area (Å²) < 4.78 is 0. The van der Waals surface area contributed by atoms with Gasteiger partial charge in [-0.25, -0.2) is 4.98 Å². The van der Waals surface area contributed by atoms with Crippen molar-refractivity contribution in [2.45, 2.75) is 59.8 Å². The van der Waals surface area contributed by atoms with E-state index in [0.29, 0.717) is 11.3 Å². The van der Waals surface area contributed by atoms with Crippen molar-refractivity contribution in [2.75, 3.05) is 4.90 Å². The Bertz CT molecular complexity index is 2310. The first-order valence-corrected chi connectivity index (χ1v) is 17.8. The molecule has 0 aliphatic heterocycles. The number of phenolic OH excluding ortho intramolecular Hbond substituents is 1. The average Bonchev–Trinajstić information content (AvgIpc) is 3.15. The van der Waals surface area contributed by atoms with Crippen LogP contribution in [-0.2, 0) is 31.9 Å². The molecule has 0 fully saturated rings. The molecule has 0 saturated heterocycles.